The molecule has 1 aliphatic rings. The third-order valence-corrected chi connectivity index (χ3v) is 5.25. The average molecular weight is 334 g/mol. The molecule has 1 atom stereocenters. The SMILES string of the molecule is CC(=O)Nc1ccc(S(=O)(=O)N2CCNC[C@@H]2C)cc1.Cl. The molecule has 0 unspecified atom stereocenters. The van der Waals surface area contributed by atoms with Crippen LogP contribution in [0.4, 0.5) is 5.69 Å². The molecule has 0 aromatic heterocycles. The van der Waals surface area contributed by atoms with Crippen LogP contribution in [0.3, 0.4) is 0 Å². The first-order valence-electron chi connectivity index (χ1n) is 6.51. The topological polar surface area (TPSA) is 78.5 Å². The normalized spacial score (nSPS) is 19.6. The molecule has 1 fully saturated rings. The lowest BCUT2D eigenvalue weighted by molar-refractivity contribution is -0.114. The van der Waals surface area contributed by atoms with Gasteiger partial charge in [0.1, 0.15) is 0 Å². The quantitative estimate of drug-likeness (QED) is 0.866. The summed E-state index contributed by atoms with van der Waals surface area (Å²) in [5.41, 5.74) is 0.588. The number of anilines is 1. The van der Waals surface area contributed by atoms with Crippen LogP contribution in [0.15, 0.2) is 29.2 Å². The summed E-state index contributed by atoms with van der Waals surface area (Å²) in [6, 6.07) is 6.18. The van der Waals surface area contributed by atoms with Crippen LogP contribution in [0.25, 0.3) is 0 Å². The fourth-order valence-corrected chi connectivity index (χ4v) is 3.86. The van der Waals surface area contributed by atoms with E-state index in [1.807, 2.05) is 6.92 Å². The van der Waals surface area contributed by atoms with Crippen molar-refractivity contribution in [3.63, 3.8) is 0 Å². The summed E-state index contributed by atoms with van der Waals surface area (Å²) in [6.45, 7) is 5.08. The highest BCUT2D eigenvalue weighted by molar-refractivity contribution is 7.89. The molecule has 1 heterocycles. The van der Waals surface area contributed by atoms with Gasteiger partial charge in [0.25, 0.3) is 0 Å². The van der Waals surface area contributed by atoms with Gasteiger partial charge in [-0.25, -0.2) is 8.42 Å². The molecule has 8 heteroatoms. The van der Waals surface area contributed by atoms with Crippen LogP contribution in [0.1, 0.15) is 13.8 Å². The fourth-order valence-electron chi connectivity index (χ4n) is 2.23. The number of nitrogens with zero attached hydrogens (tertiary/aromatic N) is 1. The molecule has 6 nitrogen and oxygen atoms in total. The maximum absolute atomic E-state index is 12.5. The van der Waals surface area contributed by atoms with Gasteiger partial charge in [-0.2, -0.15) is 4.31 Å². The molecule has 0 saturated carbocycles. The van der Waals surface area contributed by atoms with Crippen LogP contribution < -0.4 is 10.6 Å². The summed E-state index contributed by atoms with van der Waals surface area (Å²) in [7, 11) is -3.48. The van der Waals surface area contributed by atoms with Crippen molar-refractivity contribution < 1.29 is 13.2 Å². The lowest BCUT2D eigenvalue weighted by atomic mass is 10.3. The number of nitrogens with one attached hydrogen (secondary N) is 2. The molecule has 1 aromatic rings. The Labute approximate surface area is 131 Å². The van der Waals surface area contributed by atoms with Gasteiger partial charge in [-0.15, -0.1) is 12.4 Å². The van der Waals surface area contributed by atoms with Crippen molar-refractivity contribution in [3.8, 4) is 0 Å². The first kappa shape index (κ1) is 17.9. The number of benzene rings is 1. The van der Waals surface area contributed by atoms with Crippen molar-refractivity contribution in [2.75, 3.05) is 25.0 Å². The number of hydrogen-bond donors (Lipinski definition) is 2. The van der Waals surface area contributed by atoms with Crippen molar-refractivity contribution in [2.45, 2.75) is 24.8 Å². The monoisotopic (exact) mass is 333 g/mol. The molecule has 0 radical (unpaired) electrons. The zero-order chi connectivity index (χ0) is 14.8. The van der Waals surface area contributed by atoms with E-state index in [1.165, 1.54) is 23.4 Å². The molecular weight excluding hydrogens is 314 g/mol. The van der Waals surface area contributed by atoms with Gasteiger partial charge in [0, 0.05) is 38.3 Å². The van der Waals surface area contributed by atoms with E-state index in [-0.39, 0.29) is 29.3 Å². The highest BCUT2D eigenvalue weighted by Crippen LogP contribution is 2.21. The maximum Gasteiger partial charge on any atom is 0.243 e. The Morgan fingerprint density at radius 2 is 1.95 bits per heavy atom. The van der Waals surface area contributed by atoms with E-state index in [0.717, 1.165) is 0 Å². The fraction of sp³-hybridized carbons (Fsp3) is 0.462. The predicted octanol–water partition coefficient (Wildman–Crippen LogP) is 1.05. The lowest BCUT2D eigenvalue weighted by Gasteiger charge is -2.32. The number of carbonyl (C=O) groups is 1. The molecule has 118 valence electrons. The van der Waals surface area contributed by atoms with Crippen LogP contribution in [0.5, 0.6) is 0 Å². The van der Waals surface area contributed by atoms with Gasteiger partial charge in [-0.1, -0.05) is 0 Å². The Bertz CT molecular complexity index is 589. The van der Waals surface area contributed by atoms with E-state index in [9.17, 15) is 13.2 Å². The van der Waals surface area contributed by atoms with E-state index in [2.05, 4.69) is 10.6 Å². The number of rotatable bonds is 3. The number of sulfonamides is 1. The van der Waals surface area contributed by atoms with Crippen LogP contribution in [0.2, 0.25) is 0 Å². The summed E-state index contributed by atoms with van der Waals surface area (Å²) in [6.07, 6.45) is 0. The Kier molecular flexibility index (Phi) is 6.15. The molecule has 2 N–H and O–H groups in total. The van der Waals surface area contributed by atoms with E-state index in [1.54, 1.807) is 12.1 Å². The van der Waals surface area contributed by atoms with Crippen molar-refractivity contribution in [2.24, 2.45) is 0 Å². The Balaban J connectivity index is 0.00000220. The third-order valence-electron chi connectivity index (χ3n) is 3.22. The molecule has 0 aliphatic carbocycles. The third kappa shape index (κ3) is 4.16. The number of piperazine rings is 1. The second-order valence-electron chi connectivity index (χ2n) is 4.87. The Morgan fingerprint density at radius 1 is 1.33 bits per heavy atom. The zero-order valence-corrected chi connectivity index (χ0v) is 13.6. The summed E-state index contributed by atoms with van der Waals surface area (Å²) in [5.74, 6) is -0.184. The highest BCUT2D eigenvalue weighted by Gasteiger charge is 2.30. The van der Waals surface area contributed by atoms with Crippen LogP contribution in [-0.4, -0.2) is 44.3 Å². The highest BCUT2D eigenvalue weighted by atomic mass is 35.5. The van der Waals surface area contributed by atoms with Crippen molar-refractivity contribution >= 4 is 34.0 Å². The van der Waals surface area contributed by atoms with E-state index < -0.39 is 10.0 Å². The second kappa shape index (κ2) is 7.22. The number of hydrogen-bond acceptors (Lipinski definition) is 4. The standard InChI is InChI=1S/C13H19N3O3S.ClH/c1-10-9-14-7-8-16(10)20(18,19)13-5-3-12(4-6-13)15-11(2)17;/h3-6,10,14H,7-9H2,1-2H3,(H,15,17);1H/t10-;/m0./s1. The van der Waals surface area contributed by atoms with E-state index in [4.69, 9.17) is 0 Å². The molecule has 1 aliphatic heterocycles. The van der Waals surface area contributed by atoms with Crippen LogP contribution >= 0.6 is 12.4 Å². The molecule has 0 spiro atoms. The van der Waals surface area contributed by atoms with Crippen molar-refractivity contribution in [3.05, 3.63) is 24.3 Å². The van der Waals surface area contributed by atoms with Gasteiger partial charge in [-0.3, -0.25) is 4.79 Å². The first-order chi connectivity index (χ1) is 9.41. The molecule has 21 heavy (non-hydrogen) atoms. The second-order valence-corrected chi connectivity index (χ2v) is 6.77. The Hall–Kier alpha value is -1.15. The first-order valence-corrected chi connectivity index (χ1v) is 7.95. The van der Waals surface area contributed by atoms with Gasteiger partial charge in [0.15, 0.2) is 0 Å². The molecule has 1 amide bonds. The van der Waals surface area contributed by atoms with E-state index >= 15 is 0 Å². The minimum absolute atomic E-state index is 0. The number of halogens is 1. The van der Waals surface area contributed by atoms with Gasteiger partial charge in [-0.05, 0) is 31.2 Å². The predicted molar refractivity (Wildman–Crippen MR) is 84.2 cm³/mol. The zero-order valence-electron chi connectivity index (χ0n) is 12.0. The molecular formula is C13H20ClN3O3S. The summed E-state index contributed by atoms with van der Waals surface area (Å²) in [5, 5.41) is 5.78. The minimum atomic E-state index is -3.48. The van der Waals surface area contributed by atoms with Crippen molar-refractivity contribution in [1.82, 2.24) is 9.62 Å². The van der Waals surface area contributed by atoms with Crippen LogP contribution in [-0.2, 0) is 14.8 Å². The number of amides is 1. The maximum atomic E-state index is 12.5. The summed E-state index contributed by atoms with van der Waals surface area (Å²) < 4.78 is 26.6. The van der Waals surface area contributed by atoms with Gasteiger partial charge in [0.2, 0.25) is 15.9 Å². The van der Waals surface area contributed by atoms with E-state index in [0.29, 0.717) is 25.3 Å². The largest absolute Gasteiger partial charge is 0.326 e. The van der Waals surface area contributed by atoms with Gasteiger partial charge >= 0.3 is 0 Å². The minimum Gasteiger partial charge on any atom is -0.326 e. The van der Waals surface area contributed by atoms with Crippen molar-refractivity contribution in [1.29, 1.82) is 0 Å². The number of carbonyl (C=O) groups excluding carboxylic acids is 1. The van der Waals surface area contributed by atoms with Gasteiger partial charge < -0.3 is 10.6 Å². The Morgan fingerprint density at radius 3 is 2.48 bits per heavy atom. The summed E-state index contributed by atoms with van der Waals surface area (Å²) >= 11 is 0. The average Bonchev–Trinajstić information content (AvgIpc) is 2.39. The molecule has 1 saturated heterocycles. The molecule has 0 bridgehead atoms. The van der Waals surface area contributed by atoms with Crippen LogP contribution in [0, 0.1) is 0 Å². The summed E-state index contributed by atoms with van der Waals surface area (Å²) in [4.78, 5) is 11.2. The lowest BCUT2D eigenvalue weighted by Crippen LogP contribution is -2.52. The molecule has 2 rings (SSSR count). The smallest absolute Gasteiger partial charge is 0.243 e. The van der Waals surface area contributed by atoms with Gasteiger partial charge in [0.05, 0.1) is 4.90 Å². The molecule has 1 aromatic carbocycles.